The zero-order chi connectivity index (χ0) is 14.8. The fraction of sp³-hybridized carbons (Fsp3) is 0.176. The van der Waals surface area contributed by atoms with Crippen molar-refractivity contribution in [2.45, 2.75) is 13.3 Å². The van der Waals surface area contributed by atoms with Gasteiger partial charge < -0.3 is 16.2 Å². The summed E-state index contributed by atoms with van der Waals surface area (Å²) in [6.07, 6.45) is 2.95. The van der Waals surface area contributed by atoms with Crippen molar-refractivity contribution in [3.63, 3.8) is 0 Å². The number of ether oxygens (including phenoxy) is 1. The molecular formula is C17H22N2O. The number of allylic oxidation sites excluding steroid dienone is 1. The summed E-state index contributed by atoms with van der Waals surface area (Å²) in [6, 6.07) is 17.5. The van der Waals surface area contributed by atoms with E-state index in [0.717, 1.165) is 29.2 Å². The third kappa shape index (κ3) is 4.78. The molecule has 0 fully saturated rings. The lowest BCUT2D eigenvalue weighted by Gasteiger charge is -2.06. The fourth-order valence-electron chi connectivity index (χ4n) is 1.68. The number of hydrogen-bond donors (Lipinski definition) is 2. The first kappa shape index (κ1) is 15.8. The monoisotopic (exact) mass is 270 g/mol. The number of hydrogen-bond acceptors (Lipinski definition) is 3. The molecule has 0 radical (unpaired) electrons. The second-order valence-electron chi connectivity index (χ2n) is 4.01. The van der Waals surface area contributed by atoms with Gasteiger partial charge in [0.2, 0.25) is 0 Å². The van der Waals surface area contributed by atoms with Crippen LogP contribution in [-0.4, -0.2) is 7.05 Å². The Morgan fingerprint density at radius 3 is 2.05 bits per heavy atom. The maximum Gasteiger partial charge on any atom is 0.127 e. The molecule has 2 rings (SSSR count). The first-order valence-electron chi connectivity index (χ1n) is 6.66. The van der Waals surface area contributed by atoms with Crippen molar-refractivity contribution in [1.82, 2.24) is 0 Å². The van der Waals surface area contributed by atoms with Gasteiger partial charge in [0.25, 0.3) is 0 Å². The summed E-state index contributed by atoms with van der Waals surface area (Å²) in [6.45, 7) is 2.07. The Bertz CT molecular complexity index is 518. The van der Waals surface area contributed by atoms with Gasteiger partial charge in [0.15, 0.2) is 0 Å². The highest BCUT2D eigenvalue weighted by molar-refractivity contribution is 5.63. The van der Waals surface area contributed by atoms with Crippen LogP contribution in [0.15, 0.2) is 60.7 Å². The predicted octanol–water partition coefficient (Wildman–Crippen LogP) is 3.76. The van der Waals surface area contributed by atoms with Gasteiger partial charge >= 0.3 is 0 Å². The maximum absolute atomic E-state index is 5.93. The minimum absolute atomic E-state index is 0.809. The first-order valence-corrected chi connectivity index (χ1v) is 6.66. The molecule has 0 aliphatic rings. The number of rotatable bonds is 4. The van der Waals surface area contributed by atoms with E-state index in [1.54, 1.807) is 0 Å². The summed E-state index contributed by atoms with van der Waals surface area (Å²) in [5.41, 5.74) is 12.3. The van der Waals surface area contributed by atoms with Gasteiger partial charge in [-0.15, -0.1) is 0 Å². The van der Waals surface area contributed by atoms with Crippen LogP contribution in [0.1, 0.15) is 18.9 Å². The van der Waals surface area contributed by atoms with Gasteiger partial charge in [0.05, 0.1) is 0 Å². The highest BCUT2D eigenvalue weighted by Crippen LogP contribution is 2.22. The van der Waals surface area contributed by atoms with Crippen molar-refractivity contribution in [2.75, 3.05) is 7.05 Å². The van der Waals surface area contributed by atoms with Crippen LogP contribution in [0.5, 0.6) is 11.5 Å². The molecule has 0 aromatic heterocycles. The molecule has 4 N–H and O–H groups in total. The Kier molecular flexibility index (Phi) is 6.93. The second kappa shape index (κ2) is 8.77. The highest BCUT2D eigenvalue weighted by Gasteiger charge is 1.99. The number of para-hydroxylation sites is 1. The van der Waals surface area contributed by atoms with Gasteiger partial charge in [-0.2, -0.15) is 0 Å². The average molecular weight is 270 g/mol. The summed E-state index contributed by atoms with van der Waals surface area (Å²) in [5.74, 6) is 1.65. The van der Waals surface area contributed by atoms with E-state index >= 15 is 0 Å². The van der Waals surface area contributed by atoms with E-state index in [0.29, 0.717) is 0 Å². The molecule has 0 heterocycles. The quantitative estimate of drug-likeness (QED) is 0.889. The molecule has 0 atom stereocenters. The van der Waals surface area contributed by atoms with Gasteiger partial charge in [-0.25, -0.2) is 0 Å². The number of benzene rings is 2. The van der Waals surface area contributed by atoms with Crippen molar-refractivity contribution in [3.8, 4) is 11.5 Å². The van der Waals surface area contributed by atoms with Crippen LogP contribution in [0.25, 0.3) is 5.70 Å². The molecule has 2 aromatic rings. The van der Waals surface area contributed by atoms with Crippen LogP contribution in [-0.2, 0) is 0 Å². The summed E-state index contributed by atoms with van der Waals surface area (Å²) >= 11 is 0. The Labute approximate surface area is 120 Å². The van der Waals surface area contributed by atoms with Crippen LogP contribution in [0.3, 0.4) is 0 Å². The van der Waals surface area contributed by atoms with Gasteiger partial charge in [-0.1, -0.05) is 31.2 Å². The molecule has 2 aromatic carbocycles. The minimum atomic E-state index is 0.809. The Hall–Kier alpha value is -2.26. The molecule has 0 amide bonds. The van der Waals surface area contributed by atoms with E-state index < -0.39 is 0 Å². The second-order valence-corrected chi connectivity index (χ2v) is 4.01. The third-order valence-electron chi connectivity index (χ3n) is 2.59. The van der Waals surface area contributed by atoms with Gasteiger partial charge in [0, 0.05) is 5.70 Å². The van der Waals surface area contributed by atoms with Crippen molar-refractivity contribution >= 4 is 5.70 Å². The molecule has 3 nitrogen and oxygen atoms in total. The largest absolute Gasteiger partial charge is 0.457 e. The zero-order valence-electron chi connectivity index (χ0n) is 12.0. The Balaban J connectivity index is 0.000000956. The highest BCUT2D eigenvalue weighted by atomic mass is 16.5. The first-order chi connectivity index (χ1) is 9.79. The molecule has 0 saturated carbocycles. The van der Waals surface area contributed by atoms with Crippen LogP contribution >= 0.6 is 0 Å². The summed E-state index contributed by atoms with van der Waals surface area (Å²) in [7, 11) is 1.50. The van der Waals surface area contributed by atoms with Gasteiger partial charge in [0.1, 0.15) is 11.5 Å². The lowest BCUT2D eigenvalue weighted by Crippen LogP contribution is -1.95. The van der Waals surface area contributed by atoms with E-state index in [-0.39, 0.29) is 0 Å². The molecule has 0 saturated heterocycles. The lowest BCUT2D eigenvalue weighted by molar-refractivity contribution is 0.482. The van der Waals surface area contributed by atoms with Crippen molar-refractivity contribution in [1.29, 1.82) is 0 Å². The fourth-order valence-corrected chi connectivity index (χ4v) is 1.68. The van der Waals surface area contributed by atoms with E-state index in [4.69, 9.17) is 10.5 Å². The van der Waals surface area contributed by atoms with E-state index in [9.17, 15) is 0 Å². The standard InChI is InChI=1S/C16H17NO.CH5N/c1-2-6-16(17)13-9-11-15(12-10-13)18-14-7-4-3-5-8-14;1-2/h3-12H,2,17H2,1H3;2H2,1H3/b16-6-;. The summed E-state index contributed by atoms with van der Waals surface area (Å²) in [5, 5.41) is 0. The van der Waals surface area contributed by atoms with E-state index in [1.807, 2.05) is 60.7 Å². The molecule has 0 spiro atoms. The smallest absolute Gasteiger partial charge is 0.127 e. The molecule has 106 valence electrons. The third-order valence-corrected chi connectivity index (χ3v) is 2.59. The van der Waals surface area contributed by atoms with Gasteiger partial charge in [-0.05, 0) is 55.4 Å². The molecule has 0 unspecified atom stereocenters. The van der Waals surface area contributed by atoms with E-state index in [1.165, 1.54) is 7.05 Å². The van der Waals surface area contributed by atoms with Crippen LogP contribution in [0.4, 0.5) is 0 Å². The van der Waals surface area contributed by atoms with Crippen molar-refractivity contribution in [3.05, 3.63) is 66.2 Å². The van der Waals surface area contributed by atoms with Crippen molar-refractivity contribution < 1.29 is 4.74 Å². The Morgan fingerprint density at radius 2 is 1.50 bits per heavy atom. The molecule has 0 aliphatic carbocycles. The van der Waals surface area contributed by atoms with Crippen LogP contribution < -0.4 is 16.2 Å². The zero-order valence-corrected chi connectivity index (χ0v) is 12.0. The van der Waals surface area contributed by atoms with Crippen molar-refractivity contribution in [2.24, 2.45) is 11.5 Å². The molecule has 0 aliphatic heterocycles. The SMILES string of the molecule is CC/C=C(\N)c1ccc(Oc2ccccc2)cc1.CN. The predicted molar refractivity (Wildman–Crippen MR) is 85.5 cm³/mol. The Morgan fingerprint density at radius 1 is 0.950 bits per heavy atom. The molecular weight excluding hydrogens is 248 g/mol. The minimum Gasteiger partial charge on any atom is -0.457 e. The molecule has 3 heteroatoms. The van der Waals surface area contributed by atoms with E-state index in [2.05, 4.69) is 12.7 Å². The normalized spacial score (nSPS) is 10.4. The maximum atomic E-state index is 5.93. The van der Waals surface area contributed by atoms with Gasteiger partial charge in [-0.3, -0.25) is 0 Å². The summed E-state index contributed by atoms with van der Waals surface area (Å²) in [4.78, 5) is 0. The van der Waals surface area contributed by atoms with Crippen LogP contribution in [0, 0.1) is 0 Å². The topological polar surface area (TPSA) is 61.3 Å². The number of nitrogens with two attached hydrogens (primary N) is 2. The molecule has 20 heavy (non-hydrogen) atoms. The lowest BCUT2D eigenvalue weighted by atomic mass is 10.1. The summed E-state index contributed by atoms with van der Waals surface area (Å²) < 4.78 is 5.71. The molecule has 0 bridgehead atoms. The average Bonchev–Trinajstić information content (AvgIpc) is 2.51. The van der Waals surface area contributed by atoms with Crippen LogP contribution in [0.2, 0.25) is 0 Å².